The van der Waals surface area contributed by atoms with Crippen LogP contribution in [-0.4, -0.2) is 18.4 Å². The van der Waals surface area contributed by atoms with E-state index in [9.17, 15) is 9.59 Å². The predicted octanol–water partition coefficient (Wildman–Crippen LogP) is 3.16. The van der Waals surface area contributed by atoms with Crippen LogP contribution in [0.5, 0.6) is 0 Å². The Morgan fingerprint density at radius 2 is 1.88 bits per heavy atom. The van der Waals surface area contributed by atoms with E-state index in [0.717, 1.165) is 5.56 Å². The highest BCUT2D eigenvalue weighted by Gasteiger charge is 2.13. The van der Waals surface area contributed by atoms with Crippen molar-refractivity contribution < 1.29 is 9.59 Å². The Hall–Kier alpha value is -2.55. The van der Waals surface area contributed by atoms with Crippen LogP contribution in [0.4, 0.5) is 5.69 Å². The summed E-state index contributed by atoms with van der Waals surface area (Å²) in [5, 5.41) is 14.8. The number of nitrogens with one attached hydrogen (secondary N) is 2. The Bertz CT molecular complexity index is 816. The Balaban J connectivity index is 1.85. The van der Waals surface area contributed by atoms with E-state index in [1.807, 2.05) is 6.07 Å². The molecule has 0 saturated heterocycles. The Morgan fingerprint density at radius 3 is 2.58 bits per heavy atom. The molecule has 0 aliphatic heterocycles. The number of rotatable bonds is 4. The number of hydrogen-bond acceptors (Lipinski definition) is 3. The zero-order valence-corrected chi connectivity index (χ0v) is 14.0. The van der Waals surface area contributed by atoms with Gasteiger partial charge in [-0.2, -0.15) is 5.26 Å². The van der Waals surface area contributed by atoms with Crippen molar-refractivity contribution in [2.45, 2.75) is 6.42 Å². The fourth-order valence-corrected chi connectivity index (χ4v) is 2.47. The second-order valence-electron chi connectivity index (χ2n) is 4.89. The zero-order valence-electron chi connectivity index (χ0n) is 12.5. The summed E-state index contributed by atoms with van der Waals surface area (Å²) in [6.45, 7) is 0.256. The van der Waals surface area contributed by atoms with Gasteiger partial charge in [-0.05, 0) is 42.3 Å². The quantitative estimate of drug-likeness (QED) is 0.820. The number of anilines is 1. The standard InChI is InChI=1S/C17H13Cl2N3O2/c18-13-5-4-12(15(19)9-13)6-7-21-16(23)17(24)22-14-3-1-2-11(8-14)10-20/h1-5,8-9H,6-7H2,(H,21,23)(H,22,24). The lowest BCUT2D eigenvalue weighted by atomic mass is 10.1. The van der Waals surface area contributed by atoms with Crippen molar-refractivity contribution in [3.05, 3.63) is 63.6 Å². The van der Waals surface area contributed by atoms with Crippen molar-refractivity contribution in [1.29, 1.82) is 5.26 Å². The second-order valence-corrected chi connectivity index (χ2v) is 5.73. The van der Waals surface area contributed by atoms with Crippen LogP contribution >= 0.6 is 23.2 Å². The van der Waals surface area contributed by atoms with Crippen LogP contribution in [0, 0.1) is 11.3 Å². The summed E-state index contributed by atoms with van der Waals surface area (Å²) in [6.07, 6.45) is 0.471. The molecule has 0 aliphatic rings. The third-order valence-electron chi connectivity index (χ3n) is 3.15. The fraction of sp³-hybridized carbons (Fsp3) is 0.118. The highest BCUT2D eigenvalue weighted by atomic mass is 35.5. The smallest absolute Gasteiger partial charge is 0.313 e. The molecule has 2 rings (SSSR count). The molecule has 24 heavy (non-hydrogen) atoms. The number of halogens is 2. The average molecular weight is 362 g/mol. The summed E-state index contributed by atoms with van der Waals surface area (Å²) in [5.41, 5.74) is 1.60. The third-order valence-corrected chi connectivity index (χ3v) is 3.74. The molecule has 0 saturated carbocycles. The molecule has 122 valence electrons. The van der Waals surface area contributed by atoms with Gasteiger partial charge < -0.3 is 10.6 Å². The SMILES string of the molecule is N#Cc1cccc(NC(=O)C(=O)NCCc2ccc(Cl)cc2Cl)c1. The van der Waals surface area contributed by atoms with Crippen molar-refractivity contribution in [3.63, 3.8) is 0 Å². The van der Waals surface area contributed by atoms with Crippen molar-refractivity contribution in [1.82, 2.24) is 5.32 Å². The van der Waals surface area contributed by atoms with Crippen LogP contribution in [0.1, 0.15) is 11.1 Å². The van der Waals surface area contributed by atoms with E-state index in [2.05, 4.69) is 10.6 Å². The number of amides is 2. The molecule has 2 amide bonds. The number of hydrogen-bond donors (Lipinski definition) is 2. The summed E-state index contributed by atoms with van der Waals surface area (Å²) in [7, 11) is 0. The minimum atomic E-state index is -0.799. The minimum Gasteiger partial charge on any atom is -0.347 e. The fourth-order valence-electron chi connectivity index (χ4n) is 1.97. The molecule has 2 aromatic rings. The van der Waals surface area contributed by atoms with Gasteiger partial charge in [0.05, 0.1) is 11.6 Å². The first-order chi connectivity index (χ1) is 11.5. The molecule has 0 aliphatic carbocycles. The lowest BCUT2D eigenvalue weighted by molar-refractivity contribution is -0.136. The molecule has 0 atom stereocenters. The lowest BCUT2D eigenvalue weighted by Gasteiger charge is -2.08. The zero-order chi connectivity index (χ0) is 17.5. The van der Waals surface area contributed by atoms with E-state index in [1.165, 1.54) is 6.07 Å². The molecule has 0 fully saturated rings. The Kier molecular flexibility index (Phi) is 6.19. The van der Waals surface area contributed by atoms with Crippen molar-refractivity contribution >= 4 is 40.7 Å². The van der Waals surface area contributed by atoms with E-state index < -0.39 is 11.8 Å². The summed E-state index contributed by atoms with van der Waals surface area (Å²) in [4.78, 5) is 23.6. The molecule has 2 aromatic carbocycles. The molecule has 0 radical (unpaired) electrons. The van der Waals surface area contributed by atoms with Gasteiger partial charge in [-0.3, -0.25) is 9.59 Å². The number of benzene rings is 2. The molecule has 0 spiro atoms. The number of nitrogens with zero attached hydrogens (tertiary/aromatic N) is 1. The second kappa shape index (κ2) is 8.34. The first-order valence-corrected chi connectivity index (χ1v) is 7.78. The van der Waals surface area contributed by atoms with Crippen molar-refractivity contribution in [2.24, 2.45) is 0 Å². The van der Waals surface area contributed by atoms with Crippen molar-refractivity contribution in [3.8, 4) is 6.07 Å². The highest BCUT2D eigenvalue weighted by molar-refractivity contribution is 6.39. The van der Waals surface area contributed by atoms with Gasteiger partial charge in [-0.15, -0.1) is 0 Å². The maximum atomic E-state index is 11.8. The van der Waals surface area contributed by atoms with E-state index in [0.29, 0.717) is 27.7 Å². The number of carbonyl (C=O) groups is 2. The van der Waals surface area contributed by atoms with E-state index >= 15 is 0 Å². The molecular weight excluding hydrogens is 349 g/mol. The Labute approximate surface area is 149 Å². The molecule has 2 N–H and O–H groups in total. The monoisotopic (exact) mass is 361 g/mol. The summed E-state index contributed by atoms with van der Waals surface area (Å²) < 4.78 is 0. The molecule has 0 unspecified atom stereocenters. The summed E-state index contributed by atoms with van der Waals surface area (Å²) in [5.74, 6) is -1.56. The number of carbonyl (C=O) groups excluding carboxylic acids is 2. The van der Waals surface area contributed by atoms with Gasteiger partial charge in [0.25, 0.3) is 0 Å². The van der Waals surface area contributed by atoms with E-state index in [-0.39, 0.29) is 6.54 Å². The maximum absolute atomic E-state index is 11.8. The summed E-state index contributed by atoms with van der Waals surface area (Å²) in [6, 6.07) is 13.4. The van der Waals surface area contributed by atoms with Gasteiger partial charge >= 0.3 is 11.8 Å². The van der Waals surface area contributed by atoms with Crippen LogP contribution in [0.15, 0.2) is 42.5 Å². The normalized spacial score (nSPS) is 9.88. The largest absolute Gasteiger partial charge is 0.347 e. The van der Waals surface area contributed by atoms with E-state index in [1.54, 1.807) is 36.4 Å². The lowest BCUT2D eigenvalue weighted by Crippen LogP contribution is -2.36. The predicted molar refractivity (Wildman–Crippen MR) is 93.0 cm³/mol. The van der Waals surface area contributed by atoms with Gasteiger partial charge in [0, 0.05) is 22.3 Å². The number of nitriles is 1. The van der Waals surface area contributed by atoms with Gasteiger partial charge in [-0.25, -0.2) is 0 Å². The third kappa shape index (κ3) is 4.98. The first kappa shape index (κ1) is 17.8. The van der Waals surface area contributed by atoms with Crippen LogP contribution in [0.2, 0.25) is 10.0 Å². The molecular formula is C17H13Cl2N3O2. The molecule has 7 heteroatoms. The summed E-state index contributed by atoms with van der Waals surface area (Å²) >= 11 is 11.9. The average Bonchev–Trinajstić information content (AvgIpc) is 2.56. The van der Waals surface area contributed by atoms with Gasteiger partial charge in [0.15, 0.2) is 0 Å². The highest BCUT2D eigenvalue weighted by Crippen LogP contribution is 2.21. The maximum Gasteiger partial charge on any atom is 0.313 e. The molecule has 5 nitrogen and oxygen atoms in total. The van der Waals surface area contributed by atoms with Crippen LogP contribution in [-0.2, 0) is 16.0 Å². The van der Waals surface area contributed by atoms with Gasteiger partial charge in [0.2, 0.25) is 0 Å². The van der Waals surface area contributed by atoms with Crippen LogP contribution in [0.3, 0.4) is 0 Å². The van der Waals surface area contributed by atoms with Crippen LogP contribution < -0.4 is 10.6 Å². The molecule has 0 bridgehead atoms. The minimum absolute atomic E-state index is 0.256. The topological polar surface area (TPSA) is 82.0 Å². The van der Waals surface area contributed by atoms with Crippen LogP contribution in [0.25, 0.3) is 0 Å². The molecule has 0 aromatic heterocycles. The Morgan fingerprint density at radius 1 is 1.08 bits per heavy atom. The van der Waals surface area contributed by atoms with Crippen molar-refractivity contribution in [2.75, 3.05) is 11.9 Å². The van der Waals surface area contributed by atoms with Gasteiger partial charge in [0.1, 0.15) is 0 Å². The van der Waals surface area contributed by atoms with E-state index in [4.69, 9.17) is 28.5 Å². The van der Waals surface area contributed by atoms with Gasteiger partial charge in [-0.1, -0.05) is 35.3 Å². The molecule has 0 heterocycles. The first-order valence-electron chi connectivity index (χ1n) is 7.03.